The molecule has 1 saturated heterocycles. The van der Waals surface area contributed by atoms with Crippen molar-refractivity contribution in [2.24, 2.45) is 0 Å². The molecular formula is C27H33ClN8O3S. The van der Waals surface area contributed by atoms with Crippen molar-refractivity contribution in [1.29, 1.82) is 0 Å². The minimum absolute atomic E-state index is 0.0608. The number of aromatic nitrogens is 4. The van der Waals surface area contributed by atoms with Crippen LogP contribution in [0.15, 0.2) is 41.6 Å². The van der Waals surface area contributed by atoms with Crippen LogP contribution in [0.5, 0.6) is 5.75 Å². The number of aryl methyl sites for hydroxylation is 1. The van der Waals surface area contributed by atoms with E-state index in [4.69, 9.17) is 22.1 Å². The summed E-state index contributed by atoms with van der Waals surface area (Å²) in [5.41, 5.74) is 9.52. The maximum atomic E-state index is 13.3. The Morgan fingerprint density at radius 2 is 2.15 bits per heavy atom. The number of ether oxygens (including phenoxy) is 1. The number of pyridine rings is 1. The maximum absolute atomic E-state index is 13.3. The number of nitrogens with zero attached hydrogens (tertiary/aromatic N) is 6. The van der Waals surface area contributed by atoms with Gasteiger partial charge in [-0.2, -0.15) is 5.10 Å². The number of halogens is 1. The molecule has 4 aromatic rings. The monoisotopic (exact) mass is 584 g/mol. The molecule has 4 aromatic heterocycles. The van der Waals surface area contributed by atoms with Crippen molar-refractivity contribution in [2.75, 3.05) is 51.0 Å². The minimum atomic E-state index is -0.198. The summed E-state index contributed by atoms with van der Waals surface area (Å²) in [4.78, 5) is 34.4. The van der Waals surface area contributed by atoms with E-state index in [1.165, 1.54) is 17.7 Å². The van der Waals surface area contributed by atoms with Crippen LogP contribution in [0.25, 0.3) is 16.8 Å². The summed E-state index contributed by atoms with van der Waals surface area (Å²) in [7, 11) is 3.93. The Morgan fingerprint density at radius 3 is 2.92 bits per heavy atom. The smallest absolute Gasteiger partial charge is 0.265 e. The van der Waals surface area contributed by atoms with Gasteiger partial charge in [0.1, 0.15) is 29.1 Å². The number of hydrogen-bond acceptors (Lipinski definition) is 9. The van der Waals surface area contributed by atoms with E-state index >= 15 is 0 Å². The van der Waals surface area contributed by atoms with Crippen molar-refractivity contribution in [3.05, 3.63) is 56.4 Å². The number of carbonyl (C=O) groups excluding carboxylic acids is 1. The lowest BCUT2D eigenvalue weighted by molar-refractivity contribution is 0.0933. The first-order valence-corrected chi connectivity index (χ1v) is 14.4. The molecule has 3 N–H and O–H groups in total. The molecule has 0 bridgehead atoms. The van der Waals surface area contributed by atoms with Gasteiger partial charge < -0.3 is 30.2 Å². The SMILES string of the molecule is CCn1cc(-c2cc(N3CCC[C@@H](NC(=O)c4sc(Cl)cc4OCCN(C)C)C3)c3c(N)ncnn23)ccc1=O. The highest BCUT2D eigenvalue weighted by atomic mass is 35.5. The molecule has 212 valence electrons. The van der Waals surface area contributed by atoms with E-state index in [0.29, 0.717) is 46.0 Å². The van der Waals surface area contributed by atoms with Gasteiger partial charge in [-0.3, -0.25) is 9.59 Å². The number of anilines is 2. The number of piperidine rings is 1. The first-order chi connectivity index (χ1) is 19.2. The first kappa shape index (κ1) is 27.9. The molecule has 1 fully saturated rings. The first-order valence-electron chi connectivity index (χ1n) is 13.2. The van der Waals surface area contributed by atoms with Gasteiger partial charge in [-0.05, 0) is 46.0 Å². The third-order valence-electron chi connectivity index (χ3n) is 6.95. The van der Waals surface area contributed by atoms with Gasteiger partial charge in [0, 0.05) is 56.1 Å². The van der Waals surface area contributed by atoms with Crippen molar-refractivity contribution in [3.8, 4) is 17.0 Å². The van der Waals surface area contributed by atoms with Crippen LogP contribution in [0.4, 0.5) is 11.5 Å². The van der Waals surface area contributed by atoms with Crippen molar-refractivity contribution >= 4 is 45.9 Å². The van der Waals surface area contributed by atoms with Crippen LogP contribution in [0, 0.1) is 0 Å². The number of fused-ring (bicyclic) bond motifs is 1. The lowest BCUT2D eigenvalue weighted by Gasteiger charge is -2.34. The van der Waals surface area contributed by atoms with Gasteiger partial charge in [0.25, 0.3) is 11.5 Å². The second kappa shape index (κ2) is 11.9. The highest BCUT2D eigenvalue weighted by Crippen LogP contribution is 2.36. The fraction of sp³-hybridized carbons (Fsp3) is 0.407. The molecule has 40 heavy (non-hydrogen) atoms. The maximum Gasteiger partial charge on any atom is 0.265 e. The Kier molecular flexibility index (Phi) is 8.29. The van der Waals surface area contributed by atoms with Crippen LogP contribution in [0.1, 0.15) is 29.4 Å². The van der Waals surface area contributed by atoms with Gasteiger partial charge >= 0.3 is 0 Å². The van der Waals surface area contributed by atoms with Gasteiger partial charge in [-0.25, -0.2) is 9.50 Å². The minimum Gasteiger partial charge on any atom is -0.490 e. The molecule has 1 aliphatic rings. The number of likely N-dealkylation sites (N-methyl/N-ethyl adjacent to an activating group) is 1. The molecule has 0 aromatic carbocycles. The molecule has 5 rings (SSSR count). The van der Waals surface area contributed by atoms with Gasteiger partial charge in [0.2, 0.25) is 0 Å². The number of rotatable bonds is 9. The Balaban J connectivity index is 1.39. The molecule has 1 atom stereocenters. The van der Waals surface area contributed by atoms with E-state index < -0.39 is 0 Å². The Hall–Kier alpha value is -3.61. The van der Waals surface area contributed by atoms with Crippen molar-refractivity contribution < 1.29 is 9.53 Å². The highest BCUT2D eigenvalue weighted by Gasteiger charge is 2.28. The van der Waals surface area contributed by atoms with E-state index in [-0.39, 0.29) is 17.5 Å². The number of thiophene rings is 1. The lowest BCUT2D eigenvalue weighted by Crippen LogP contribution is -2.47. The third-order valence-corrected chi connectivity index (χ3v) is 8.19. The Labute approximate surface area is 241 Å². The summed E-state index contributed by atoms with van der Waals surface area (Å²) < 4.78 is 9.79. The second-order valence-corrected chi connectivity index (χ2v) is 11.7. The molecule has 13 heteroatoms. The van der Waals surface area contributed by atoms with Gasteiger partial charge in [0.15, 0.2) is 5.82 Å². The van der Waals surface area contributed by atoms with E-state index in [1.807, 2.05) is 38.2 Å². The Morgan fingerprint density at radius 1 is 1.32 bits per heavy atom. The normalized spacial score (nSPS) is 15.6. The van der Waals surface area contributed by atoms with Crippen LogP contribution in [0.3, 0.4) is 0 Å². The number of carbonyl (C=O) groups is 1. The van der Waals surface area contributed by atoms with Crippen LogP contribution < -0.4 is 26.2 Å². The predicted octanol–water partition coefficient (Wildman–Crippen LogP) is 3.21. The third kappa shape index (κ3) is 5.79. The van der Waals surface area contributed by atoms with Crippen molar-refractivity contribution in [3.63, 3.8) is 0 Å². The average Bonchev–Trinajstić information content (AvgIpc) is 3.50. The van der Waals surface area contributed by atoms with Crippen LogP contribution in [0.2, 0.25) is 4.34 Å². The lowest BCUT2D eigenvalue weighted by atomic mass is 10.0. The fourth-order valence-corrected chi connectivity index (χ4v) is 6.00. The zero-order valence-corrected chi connectivity index (χ0v) is 24.3. The summed E-state index contributed by atoms with van der Waals surface area (Å²) in [6, 6.07) is 6.98. The van der Waals surface area contributed by atoms with Gasteiger partial charge in [-0.15, -0.1) is 11.3 Å². The zero-order valence-electron chi connectivity index (χ0n) is 22.8. The molecule has 1 amide bonds. The number of amides is 1. The molecule has 0 saturated carbocycles. The van der Waals surface area contributed by atoms with Gasteiger partial charge in [-0.1, -0.05) is 11.6 Å². The average molecular weight is 585 g/mol. The number of nitrogen functional groups attached to an aromatic ring is 1. The van der Waals surface area contributed by atoms with E-state index in [9.17, 15) is 9.59 Å². The fourth-order valence-electron chi connectivity index (χ4n) is 4.94. The Bertz CT molecular complexity index is 1580. The molecular weight excluding hydrogens is 552 g/mol. The van der Waals surface area contributed by atoms with Crippen LogP contribution >= 0.6 is 22.9 Å². The molecule has 0 aliphatic carbocycles. The van der Waals surface area contributed by atoms with E-state index in [0.717, 1.165) is 42.9 Å². The molecule has 11 nitrogen and oxygen atoms in total. The molecule has 0 unspecified atom stereocenters. The predicted molar refractivity (Wildman–Crippen MR) is 159 cm³/mol. The zero-order chi connectivity index (χ0) is 28.4. The van der Waals surface area contributed by atoms with Crippen molar-refractivity contribution in [2.45, 2.75) is 32.4 Å². The number of nitrogens with two attached hydrogens (primary N) is 1. The molecule has 0 spiro atoms. The van der Waals surface area contributed by atoms with E-state index in [1.54, 1.807) is 27.3 Å². The highest BCUT2D eigenvalue weighted by molar-refractivity contribution is 7.18. The molecule has 5 heterocycles. The van der Waals surface area contributed by atoms with Crippen LogP contribution in [-0.4, -0.2) is 76.4 Å². The van der Waals surface area contributed by atoms with E-state index in [2.05, 4.69) is 20.3 Å². The summed E-state index contributed by atoms with van der Waals surface area (Å²) in [6.07, 6.45) is 4.97. The quantitative estimate of drug-likeness (QED) is 0.307. The topological polar surface area (TPSA) is 123 Å². The summed E-state index contributed by atoms with van der Waals surface area (Å²) in [6.45, 7) is 5.05. The van der Waals surface area contributed by atoms with Crippen molar-refractivity contribution in [1.82, 2.24) is 29.4 Å². The second-order valence-electron chi connectivity index (χ2n) is 10.0. The molecule has 0 radical (unpaired) electrons. The van der Waals surface area contributed by atoms with Gasteiger partial charge in [0.05, 0.1) is 15.7 Å². The summed E-state index contributed by atoms with van der Waals surface area (Å²) in [5, 5.41) is 7.66. The number of nitrogens with one attached hydrogen (secondary N) is 1. The summed E-state index contributed by atoms with van der Waals surface area (Å²) in [5.74, 6) is 0.665. The standard InChI is InChI=1S/C27H33ClN8O3S/c1-4-34-14-17(7-8-23(34)37)19-12-20(24-26(29)30-16-31-36(19)24)35-9-5-6-18(15-35)32-27(38)25-21(13-22(28)40-25)39-11-10-33(2)3/h7-8,12-14,16,18H,4-6,9-11,15H2,1-3H3,(H,32,38)(H2,29,30,31)/t18-/m1/s1. The number of hydrogen-bond donors (Lipinski definition) is 2. The largest absolute Gasteiger partial charge is 0.490 e. The summed E-state index contributed by atoms with van der Waals surface area (Å²) >= 11 is 7.46. The van der Waals surface area contributed by atoms with Crippen LogP contribution in [-0.2, 0) is 6.54 Å². The molecule has 1 aliphatic heterocycles.